The number of rotatable bonds is 3. The van der Waals surface area contributed by atoms with E-state index in [1.54, 1.807) is 11.8 Å². The van der Waals surface area contributed by atoms with Crippen LogP contribution in [-0.4, -0.2) is 40.0 Å². The third-order valence-corrected chi connectivity index (χ3v) is 4.80. The van der Waals surface area contributed by atoms with Crippen LogP contribution in [0.2, 0.25) is 0 Å². The van der Waals surface area contributed by atoms with Crippen LogP contribution >= 0.6 is 11.8 Å². The van der Waals surface area contributed by atoms with Crippen LogP contribution in [0.1, 0.15) is 24.3 Å². The normalized spacial score (nSPS) is 21.6. The van der Waals surface area contributed by atoms with Gasteiger partial charge in [0.1, 0.15) is 5.71 Å². The summed E-state index contributed by atoms with van der Waals surface area (Å²) in [5.41, 5.74) is 1.30. The Morgan fingerprint density at radius 3 is 3.00 bits per heavy atom. The number of amides is 1. The molecule has 0 saturated carbocycles. The van der Waals surface area contributed by atoms with Crippen molar-refractivity contribution in [3.63, 3.8) is 0 Å². The predicted octanol–water partition coefficient (Wildman–Crippen LogP) is 1.94. The van der Waals surface area contributed by atoms with Gasteiger partial charge in [0.25, 0.3) is 0 Å². The van der Waals surface area contributed by atoms with E-state index in [1.165, 1.54) is 15.5 Å². The highest BCUT2D eigenvalue weighted by molar-refractivity contribution is 7.99. The Balaban J connectivity index is 1.79. The van der Waals surface area contributed by atoms with Crippen LogP contribution in [-0.2, 0) is 9.59 Å². The molecule has 2 heterocycles. The second-order valence-electron chi connectivity index (χ2n) is 4.87. The van der Waals surface area contributed by atoms with Gasteiger partial charge in [0, 0.05) is 29.4 Å². The van der Waals surface area contributed by atoms with E-state index in [2.05, 4.69) is 17.2 Å². The van der Waals surface area contributed by atoms with Crippen molar-refractivity contribution in [3.8, 4) is 0 Å². The van der Waals surface area contributed by atoms with Crippen LogP contribution in [0, 0.1) is 0 Å². The third kappa shape index (κ3) is 2.43. The molecule has 0 saturated heterocycles. The lowest BCUT2D eigenvalue weighted by Crippen LogP contribution is -2.36. The molecule has 3 rings (SSSR count). The number of carboxylic acids is 1. The molecule has 0 bridgehead atoms. The number of carboxylic acid groups (broad SMARTS) is 1. The highest BCUT2D eigenvalue weighted by Crippen LogP contribution is 2.39. The largest absolute Gasteiger partial charge is 0.477 e. The Bertz CT molecular complexity index is 600. The molecule has 0 fully saturated rings. The third-order valence-electron chi connectivity index (χ3n) is 3.54. The number of benzene rings is 1. The van der Waals surface area contributed by atoms with Crippen LogP contribution in [0.3, 0.4) is 0 Å². The van der Waals surface area contributed by atoms with Crippen molar-refractivity contribution >= 4 is 29.4 Å². The molecule has 2 aliphatic rings. The molecular formula is C14H14N2O3S. The van der Waals surface area contributed by atoms with Crippen LogP contribution in [0.4, 0.5) is 0 Å². The minimum Gasteiger partial charge on any atom is -0.477 e. The monoisotopic (exact) mass is 290 g/mol. The number of thioether (sulfide) groups is 1. The summed E-state index contributed by atoms with van der Waals surface area (Å²) in [6, 6.07) is 8.13. The summed E-state index contributed by atoms with van der Waals surface area (Å²) in [6.07, 6.45) is 0.452. The second-order valence-corrected chi connectivity index (χ2v) is 5.94. The zero-order chi connectivity index (χ0) is 14.1. The number of carbonyl (C=O) groups excluding carboxylic acids is 1. The van der Waals surface area contributed by atoms with Crippen molar-refractivity contribution in [3.05, 3.63) is 29.8 Å². The summed E-state index contributed by atoms with van der Waals surface area (Å²) in [7, 11) is 0. The second kappa shape index (κ2) is 5.28. The molecule has 1 aromatic carbocycles. The van der Waals surface area contributed by atoms with Gasteiger partial charge in [0.15, 0.2) is 0 Å². The molecule has 1 N–H and O–H groups in total. The van der Waals surface area contributed by atoms with Gasteiger partial charge in [-0.25, -0.2) is 9.80 Å². The molecule has 2 aliphatic heterocycles. The molecule has 1 atom stereocenters. The van der Waals surface area contributed by atoms with Gasteiger partial charge in [0.2, 0.25) is 5.91 Å². The number of fused-ring (bicyclic) bond motifs is 1. The first-order valence-electron chi connectivity index (χ1n) is 6.48. The minimum absolute atomic E-state index is 0.0727. The molecule has 1 unspecified atom stereocenters. The van der Waals surface area contributed by atoms with Gasteiger partial charge >= 0.3 is 5.97 Å². The maximum Gasteiger partial charge on any atom is 0.352 e. The van der Waals surface area contributed by atoms with E-state index in [1.807, 2.05) is 12.1 Å². The van der Waals surface area contributed by atoms with Crippen LogP contribution in [0.5, 0.6) is 0 Å². The lowest BCUT2D eigenvalue weighted by molar-refractivity contribution is -0.133. The number of hydrogen-bond donors (Lipinski definition) is 1. The van der Waals surface area contributed by atoms with E-state index in [9.17, 15) is 9.59 Å². The van der Waals surface area contributed by atoms with Gasteiger partial charge in [-0.15, -0.1) is 11.8 Å². The summed E-state index contributed by atoms with van der Waals surface area (Å²) in [4.78, 5) is 24.1. The fourth-order valence-electron chi connectivity index (χ4n) is 2.49. The maximum absolute atomic E-state index is 11.9. The standard InChI is InChI=1S/C14H14N2O3S/c17-13-6-5-11(14(18)19)15-16(13)7-9-8-20-12-4-2-1-3-10(9)12/h1-4,9H,5-8H2,(H,18,19). The van der Waals surface area contributed by atoms with E-state index in [0.29, 0.717) is 6.54 Å². The smallest absolute Gasteiger partial charge is 0.352 e. The molecule has 20 heavy (non-hydrogen) atoms. The first-order valence-corrected chi connectivity index (χ1v) is 7.46. The highest BCUT2D eigenvalue weighted by Gasteiger charge is 2.30. The fourth-order valence-corrected chi connectivity index (χ4v) is 3.73. The molecule has 0 spiro atoms. The van der Waals surface area contributed by atoms with E-state index in [0.717, 1.165) is 5.75 Å². The molecule has 0 aliphatic carbocycles. The van der Waals surface area contributed by atoms with Gasteiger partial charge in [-0.05, 0) is 11.6 Å². The summed E-state index contributed by atoms with van der Waals surface area (Å²) in [5.74, 6) is -0.00810. The Hall–Kier alpha value is -1.82. The van der Waals surface area contributed by atoms with E-state index >= 15 is 0 Å². The first-order chi connectivity index (χ1) is 9.65. The minimum atomic E-state index is -1.04. The number of nitrogens with zero attached hydrogens (tertiary/aromatic N) is 2. The molecule has 6 heteroatoms. The SMILES string of the molecule is O=C(O)C1=NN(CC2CSc3ccccc32)C(=O)CC1. The average molecular weight is 290 g/mol. The van der Waals surface area contributed by atoms with Crippen molar-refractivity contribution in [2.75, 3.05) is 12.3 Å². The van der Waals surface area contributed by atoms with Crippen molar-refractivity contribution in [2.45, 2.75) is 23.7 Å². The van der Waals surface area contributed by atoms with Crippen molar-refractivity contribution in [2.24, 2.45) is 5.10 Å². The first kappa shape index (κ1) is 13.2. The quantitative estimate of drug-likeness (QED) is 0.923. The van der Waals surface area contributed by atoms with E-state index in [-0.39, 0.29) is 30.4 Å². The number of aliphatic carboxylic acids is 1. The number of hydrazone groups is 1. The molecule has 0 radical (unpaired) electrons. The summed E-state index contributed by atoms with van der Waals surface area (Å²) >= 11 is 1.77. The highest BCUT2D eigenvalue weighted by atomic mass is 32.2. The van der Waals surface area contributed by atoms with Gasteiger partial charge < -0.3 is 5.11 Å². The Labute approximate surface area is 120 Å². The summed E-state index contributed by atoms with van der Waals surface area (Å²) < 4.78 is 0. The maximum atomic E-state index is 11.9. The molecule has 0 aromatic heterocycles. The van der Waals surface area contributed by atoms with Gasteiger partial charge in [0.05, 0.1) is 6.54 Å². The molecular weight excluding hydrogens is 276 g/mol. The van der Waals surface area contributed by atoms with E-state index in [4.69, 9.17) is 5.11 Å². The molecule has 104 valence electrons. The van der Waals surface area contributed by atoms with E-state index < -0.39 is 5.97 Å². The average Bonchev–Trinajstić information content (AvgIpc) is 2.84. The Morgan fingerprint density at radius 2 is 2.20 bits per heavy atom. The van der Waals surface area contributed by atoms with Crippen molar-refractivity contribution in [1.82, 2.24) is 5.01 Å². The number of hydrogen-bond acceptors (Lipinski definition) is 4. The zero-order valence-corrected chi connectivity index (χ0v) is 11.6. The van der Waals surface area contributed by atoms with Crippen LogP contribution in [0.25, 0.3) is 0 Å². The van der Waals surface area contributed by atoms with Crippen molar-refractivity contribution < 1.29 is 14.7 Å². The molecule has 1 aromatic rings. The molecule has 1 amide bonds. The van der Waals surface area contributed by atoms with Gasteiger partial charge in [-0.1, -0.05) is 18.2 Å². The predicted molar refractivity (Wildman–Crippen MR) is 75.9 cm³/mol. The van der Waals surface area contributed by atoms with Crippen LogP contribution < -0.4 is 0 Å². The topological polar surface area (TPSA) is 70.0 Å². The number of carbonyl (C=O) groups is 2. The van der Waals surface area contributed by atoms with Crippen molar-refractivity contribution in [1.29, 1.82) is 0 Å². The fraction of sp³-hybridized carbons (Fsp3) is 0.357. The summed E-state index contributed by atoms with van der Waals surface area (Å²) in [6.45, 7) is 0.458. The zero-order valence-electron chi connectivity index (χ0n) is 10.8. The van der Waals surface area contributed by atoms with Crippen LogP contribution in [0.15, 0.2) is 34.3 Å². The lowest BCUT2D eigenvalue weighted by atomic mass is 10.0. The lowest BCUT2D eigenvalue weighted by Gasteiger charge is -2.25. The van der Waals surface area contributed by atoms with Gasteiger partial charge in [-0.3, -0.25) is 4.79 Å². The van der Waals surface area contributed by atoms with Gasteiger partial charge in [-0.2, -0.15) is 5.10 Å². The Morgan fingerprint density at radius 1 is 1.40 bits per heavy atom. The summed E-state index contributed by atoms with van der Waals surface area (Å²) in [5, 5.41) is 14.3. The molecule has 5 nitrogen and oxygen atoms in total. The Kier molecular flexibility index (Phi) is 3.48.